The summed E-state index contributed by atoms with van der Waals surface area (Å²) in [7, 11) is 0. The van der Waals surface area contributed by atoms with Gasteiger partial charge in [-0.05, 0) is 43.6 Å². The van der Waals surface area contributed by atoms with Crippen LogP contribution in [0.3, 0.4) is 0 Å². The van der Waals surface area contributed by atoms with Gasteiger partial charge in [-0.1, -0.05) is 41.0 Å². The van der Waals surface area contributed by atoms with Crippen LogP contribution in [0.1, 0.15) is 66.7 Å². The zero-order chi connectivity index (χ0) is 13.9. The molecule has 0 heterocycles. The molecule has 0 atom stereocenters. The van der Waals surface area contributed by atoms with Crippen LogP contribution in [0.5, 0.6) is 0 Å². The second-order valence-electron chi connectivity index (χ2n) is 5.95. The molecule has 0 radical (unpaired) electrons. The highest BCUT2D eigenvalue weighted by Crippen LogP contribution is 2.29. The predicted octanol–water partition coefficient (Wildman–Crippen LogP) is 4.25. The van der Waals surface area contributed by atoms with Gasteiger partial charge in [0, 0.05) is 19.8 Å². The first kappa shape index (κ1) is 17.9. The van der Waals surface area contributed by atoms with E-state index in [4.69, 9.17) is 4.74 Å². The lowest BCUT2D eigenvalue weighted by Gasteiger charge is -2.32. The van der Waals surface area contributed by atoms with E-state index in [2.05, 4.69) is 39.9 Å². The third-order valence-electron chi connectivity index (χ3n) is 3.97. The zero-order valence-electron chi connectivity index (χ0n) is 13.3. The Hall–Kier alpha value is -0.0800. The molecule has 0 aromatic heterocycles. The maximum absolute atomic E-state index is 5.73. The summed E-state index contributed by atoms with van der Waals surface area (Å²) in [6.45, 7) is 15.5. The summed E-state index contributed by atoms with van der Waals surface area (Å²) in [5.41, 5.74) is 0.432. The summed E-state index contributed by atoms with van der Waals surface area (Å²) < 4.78 is 5.73. The molecule has 1 N–H and O–H groups in total. The molecule has 0 unspecified atom stereocenters. The Morgan fingerprint density at radius 1 is 1.06 bits per heavy atom. The van der Waals surface area contributed by atoms with E-state index in [-0.39, 0.29) is 0 Å². The van der Waals surface area contributed by atoms with Gasteiger partial charge in [0.2, 0.25) is 0 Å². The Kier molecular flexibility index (Phi) is 10.8. The molecule has 0 saturated carbocycles. The molecular weight excluding hydrogens is 222 g/mol. The summed E-state index contributed by atoms with van der Waals surface area (Å²) >= 11 is 0. The summed E-state index contributed by atoms with van der Waals surface area (Å²) in [4.78, 5) is 0. The van der Waals surface area contributed by atoms with Gasteiger partial charge in [-0.3, -0.25) is 0 Å². The third kappa shape index (κ3) is 8.10. The van der Waals surface area contributed by atoms with Crippen LogP contribution in [-0.4, -0.2) is 26.3 Å². The van der Waals surface area contributed by atoms with E-state index in [1.54, 1.807) is 0 Å². The fourth-order valence-electron chi connectivity index (χ4n) is 2.21. The van der Waals surface area contributed by atoms with Crippen molar-refractivity contribution in [2.75, 3.05) is 26.3 Å². The zero-order valence-corrected chi connectivity index (χ0v) is 13.3. The van der Waals surface area contributed by atoms with Crippen molar-refractivity contribution in [3.05, 3.63) is 0 Å². The minimum atomic E-state index is 0.432. The van der Waals surface area contributed by atoms with Gasteiger partial charge >= 0.3 is 0 Å². The monoisotopic (exact) mass is 257 g/mol. The summed E-state index contributed by atoms with van der Waals surface area (Å²) in [6, 6.07) is 0. The van der Waals surface area contributed by atoms with Crippen molar-refractivity contribution < 1.29 is 4.74 Å². The van der Waals surface area contributed by atoms with Gasteiger partial charge in [0.05, 0.1) is 0 Å². The van der Waals surface area contributed by atoms with Crippen LogP contribution in [0.2, 0.25) is 0 Å². The van der Waals surface area contributed by atoms with Gasteiger partial charge < -0.3 is 10.1 Å². The van der Waals surface area contributed by atoms with Crippen LogP contribution >= 0.6 is 0 Å². The van der Waals surface area contributed by atoms with Crippen molar-refractivity contribution in [3.63, 3.8) is 0 Å². The van der Waals surface area contributed by atoms with Gasteiger partial charge in [0.25, 0.3) is 0 Å². The summed E-state index contributed by atoms with van der Waals surface area (Å²) in [6.07, 6.45) is 6.09. The van der Waals surface area contributed by atoms with E-state index in [0.717, 1.165) is 32.2 Å². The second kappa shape index (κ2) is 10.8. The molecule has 2 heteroatoms. The first-order chi connectivity index (χ1) is 8.60. The minimum absolute atomic E-state index is 0.432. The maximum Gasteiger partial charge on any atom is 0.0471 e. The molecule has 18 heavy (non-hydrogen) atoms. The fourth-order valence-corrected chi connectivity index (χ4v) is 2.21. The second-order valence-corrected chi connectivity index (χ2v) is 5.95. The number of rotatable bonds is 12. The average molecular weight is 257 g/mol. The number of ether oxygens (including phenoxy) is 1. The SMILES string of the molecule is CCCCOCCC(CC)(CC)CNCC(C)C. The van der Waals surface area contributed by atoms with E-state index in [9.17, 15) is 0 Å². The molecule has 0 rings (SSSR count). The van der Waals surface area contributed by atoms with Crippen molar-refractivity contribution >= 4 is 0 Å². The van der Waals surface area contributed by atoms with Gasteiger partial charge in [-0.15, -0.1) is 0 Å². The molecule has 0 saturated heterocycles. The van der Waals surface area contributed by atoms with Crippen molar-refractivity contribution in [1.29, 1.82) is 0 Å². The highest BCUT2D eigenvalue weighted by molar-refractivity contribution is 4.79. The Balaban J connectivity index is 3.92. The number of unbranched alkanes of at least 4 members (excludes halogenated alkanes) is 1. The van der Waals surface area contributed by atoms with Crippen molar-refractivity contribution in [2.24, 2.45) is 11.3 Å². The highest BCUT2D eigenvalue weighted by atomic mass is 16.5. The predicted molar refractivity (Wildman–Crippen MR) is 81.1 cm³/mol. The Morgan fingerprint density at radius 3 is 2.22 bits per heavy atom. The molecule has 2 nitrogen and oxygen atoms in total. The molecular formula is C16H35NO. The lowest BCUT2D eigenvalue weighted by atomic mass is 9.79. The smallest absolute Gasteiger partial charge is 0.0471 e. The number of hydrogen-bond acceptors (Lipinski definition) is 2. The van der Waals surface area contributed by atoms with E-state index in [1.165, 1.54) is 32.1 Å². The summed E-state index contributed by atoms with van der Waals surface area (Å²) in [5.74, 6) is 0.734. The van der Waals surface area contributed by atoms with Crippen LogP contribution in [0.4, 0.5) is 0 Å². The molecule has 0 aromatic rings. The van der Waals surface area contributed by atoms with Crippen LogP contribution in [0.15, 0.2) is 0 Å². The quantitative estimate of drug-likeness (QED) is 0.528. The van der Waals surface area contributed by atoms with Crippen LogP contribution < -0.4 is 5.32 Å². The highest BCUT2D eigenvalue weighted by Gasteiger charge is 2.25. The third-order valence-corrected chi connectivity index (χ3v) is 3.97. The van der Waals surface area contributed by atoms with Gasteiger partial charge in [-0.2, -0.15) is 0 Å². The minimum Gasteiger partial charge on any atom is -0.381 e. The van der Waals surface area contributed by atoms with Crippen LogP contribution in [0, 0.1) is 11.3 Å². The molecule has 110 valence electrons. The Labute approximate surface area is 115 Å². The number of hydrogen-bond donors (Lipinski definition) is 1. The lowest BCUT2D eigenvalue weighted by molar-refractivity contribution is 0.0859. The Bertz CT molecular complexity index is 176. The molecule has 0 fully saturated rings. The topological polar surface area (TPSA) is 21.3 Å². The van der Waals surface area contributed by atoms with Gasteiger partial charge in [0.15, 0.2) is 0 Å². The lowest BCUT2D eigenvalue weighted by Crippen LogP contribution is -2.36. The van der Waals surface area contributed by atoms with E-state index in [0.29, 0.717) is 5.41 Å². The first-order valence-electron chi connectivity index (χ1n) is 7.88. The number of nitrogens with one attached hydrogen (secondary N) is 1. The molecule has 0 bridgehead atoms. The van der Waals surface area contributed by atoms with Crippen molar-refractivity contribution in [1.82, 2.24) is 5.32 Å². The maximum atomic E-state index is 5.73. The van der Waals surface area contributed by atoms with Crippen molar-refractivity contribution in [2.45, 2.75) is 66.7 Å². The van der Waals surface area contributed by atoms with E-state index >= 15 is 0 Å². The van der Waals surface area contributed by atoms with Crippen LogP contribution in [-0.2, 0) is 4.74 Å². The molecule has 0 aromatic carbocycles. The average Bonchev–Trinajstić information content (AvgIpc) is 2.36. The largest absolute Gasteiger partial charge is 0.381 e. The normalized spacial score (nSPS) is 12.3. The first-order valence-corrected chi connectivity index (χ1v) is 7.88. The van der Waals surface area contributed by atoms with Gasteiger partial charge in [0.1, 0.15) is 0 Å². The van der Waals surface area contributed by atoms with E-state index in [1.807, 2.05) is 0 Å². The molecule has 0 aliphatic heterocycles. The standard InChI is InChI=1S/C16H35NO/c1-6-9-11-18-12-10-16(7-2,8-3)14-17-13-15(4)5/h15,17H,6-14H2,1-5H3. The van der Waals surface area contributed by atoms with E-state index < -0.39 is 0 Å². The molecule has 0 aliphatic carbocycles. The molecule has 0 spiro atoms. The molecule has 0 amide bonds. The van der Waals surface area contributed by atoms with Gasteiger partial charge in [-0.25, -0.2) is 0 Å². The van der Waals surface area contributed by atoms with Crippen molar-refractivity contribution in [3.8, 4) is 0 Å². The Morgan fingerprint density at radius 2 is 1.72 bits per heavy atom. The summed E-state index contributed by atoms with van der Waals surface area (Å²) in [5, 5.41) is 3.62. The van der Waals surface area contributed by atoms with Crippen LogP contribution in [0.25, 0.3) is 0 Å². The molecule has 0 aliphatic rings. The fraction of sp³-hybridized carbons (Fsp3) is 1.00.